The van der Waals surface area contributed by atoms with Gasteiger partial charge >= 0.3 is 11.6 Å². The summed E-state index contributed by atoms with van der Waals surface area (Å²) in [5.74, 6) is -0.620. The van der Waals surface area contributed by atoms with E-state index in [2.05, 4.69) is 5.32 Å². The number of carbonyl (C=O) groups excluding carboxylic acids is 1. The molecule has 0 aliphatic heterocycles. The Bertz CT molecular complexity index is 886. The number of hydrogen-bond donors (Lipinski definition) is 2. The third-order valence-electron chi connectivity index (χ3n) is 4.48. The van der Waals surface area contributed by atoms with Gasteiger partial charge in [0, 0.05) is 30.0 Å². The third kappa shape index (κ3) is 5.57. The summed E-state index contributed by atoms with van der Waals surface area (Å²) in [5.41, 5.74) is 1.48. The predicted octanol–water partition coefficient (Wildman–Crippen LogP) is 2.94. The number of unbranched alkanes of at least 4 members (excludes halogenated alkanes) is 2. The van der Waals surface area contributed by atoms with Crippen LogP contribution in [0.2, 0.25) is 0 Å². The standard InChI is InChI=1S/C20H25NO6/c1-12-13(2)20(25)27-17-11-15(8-9-16(12)17)26-14(3)19(24)21-10-6-4-5-7-18(22)23/h8-9,11,14H,4-7,10H2,1-3H3,(H,21,24)(H,22,23)/t14-/m1/s1. The molecular weight excluding hydrogens is 350 g/mol. The number of amides is 1. The van der Waals surface area contributed by atoms with Crippen molar-refractivity contribution in [1.29, 1.82) is 0 Å². The number of carboxylic acid groups (broad SMARTS) is 1. The Balaban J connectivity index is 1.90. The number of hydrogen-bond acceptors (Lipinski definition) is 5. The van der Waals surface area contributed by atoms with Gasteiger partial charge in [-0.3, -0.25) is 9.59 Å². The van der Waals surface area contributed by atoms with Crippen molar-refractivity contribution in [2.75, 3.05) is 6.54 Å². The van der Waals surface area contributed by atoms with Crippen LogP contribution in [-0.2, 0) is 9.59 Å². The number of aryl methyl sites for hydroxylation is 1. The topological polar surface area (TPSA) is 106 Å². The minimum atomic E-state index is -0.808. The normalized spacial score (nSPS) is 12.0. The number of carbonyl (C=O) groups is 2. The van der Waals surface area contributed by atoms with E-state index in [1.54, 1.807) is 26.0 Å². The highest BCUT2D eigenvalue weighted by Crippen LogP contribution is 2.24. The van der Waals surface area contributed by atoms with Gasteiger partial charge in [-0.05, 0) is 51.3 Å². The van der Waals surface area contributed by atoms with Crippen molar-refractivity contribution >= 4 is 22.8 Å². The quantitative estimate of drug-likeness (QED) is 0.516. The zero-order valence-corrected chi connectivity index (χ0v) is 15.8. The molecule has 2 rings (SSSR count). The van der Waals surface area contributed by atoms with E-state index in [1.807, 2.05) is 13.0 Å². The Morgan fingerprint density at radius 2 is 1.93 bits per heavy atom. The minimum Gasteiger partial charge on any atom is -0.481 e. The molecule has 7 heteroatoms. The molecule has 1 amide bonds. The summed E-state index contributed by atoms with van der Waals surface area (Å²) in [7, 11) is 0. The Kier molecular flexibility index (Phi) is 6.98. The largest absolute Gasteiger partial charge is 0.481 e. The highest BCUT2D eigenvalue weighted by molar-refractivity contribution is 5.83. The van der Waals surface area contributed by atoms with E-state index in [4.69, 9.17) is 14.3 Å². The van der Waals surface area contributed by atoms with Gasteiger partial charge in [0.05, 0.1) is 0 Å². The van der Waals surface area contributed by atoms with Crippen LogP contribution < -0.4 is 15.7 Å². The van der Waals surface area contributed by atoms with E-state index in [-0.39, 0.29) is 18.0 Å². The molecular formula is C20H25NO6. The lowest BCUT2D eigenvalue weighted by Gasteiger charge is -2.15. The molecule has 146 valence electrons. The highest BCUT2D eigenvalue weighted by atomic mass is 16.5. The summed E-state index contributed by atoms with van der Waals surface area (Å²) < 4.78 is 10.9. The molecule has 0 aliphatic rings. The first-order chi connectivity index (χ1) is 12.8. The molecule has 1 aromatic heterocycles. The SMILES string of the molecule is Cc1c(C)c2ccc(O[C@H](C)C(=O)NCCCCCC(=O)O)cc2oc1=O. The molecule has 0 aliphatic carbocycles. The molecule has 1 heterocycles. The molecule has 1 atom stereocenters. The fourth-order valence-electron chi connectivity index (χ4n) is 2.69. The second kappa shape index (κ2) is 9.21. The Morgan fingerprint density at radius 3 is 2.63 bits per heavy atom. The summed E-state index contributed by atoms with van der Waals surface area (Å²) in [6.45, 7) is 5.69. The van der Waals surface area contributed by atoms with Gasteiger partial charge in [0.25, 0.3) is 5.91 Å². The molecule has 0 saturated carbocycles. The smallest absolute Gasteiger partial charge is 0.339 e. The fourth-order valence-corrected chi connectivity index (χ4v) is 2.69. The second-order valence-corrected chi connectivity index (χ2v) is 6.55. The maximum Gasteiger partial charge on any atom is 0.339 e. The van der Waals surface area contributed by atoms with Gasteiger partial charge in [-0.15, -0.1) is 0 Å². The fraction of sp³-hybridized carbons (Fsp3) is 0.450. The molecule has 27 heavy (non-hydrogen) atoms. The first kappa shape index (κ1) is 20.5. The van der Waals surface area contributed by atoms with Crippen molar-refractivity contribution in [3.8, 4) is 5.75 Å². The lowest BCUT2D eigenvalue weighted by atomic mass is 10.1. The molecule has 0 radical (unpaired) electrons. The van der Waals surface area contributed by atoms with Crippen LogP contribution in [-0.4, -0.2) is 29.6 Å². The lowest BCUT2D eigenvalue weighted by Crippen LogP contribution is -2.36. The van der Waals surface area contributed by atoms with Crippen LogP contribution >= 0.6 is 0 Å². The first-order valence-electron chi connectivity index (χ1n) is 9.00. The number of ether oxygens (including phenoxy) is 1. The maximum absolute atomic E-state index is 12.1. The summed E-state index contributed by atoms with van der Waals surface area (Å²) in [5, 5.41) is 12.2. The van der Waals surface area contributed by atoms with Crippen LogP contribution in [0.1, 0.15) is 43.7 Å². The van der Waals surface area contributed by atoms with Crippen molar-refractivity contribution in [2.45, 2.75) is 52.6 Å². The van der Waals surface area contributed by atoms with E-state index in [0.29, 0.717) is 36.3 Å². The second-order valence-electron chi connectivity index (χ2n) is 6.55. The predicted molar refractivity (Wildman–Crippen MR) is 101 cm³/mol. The van der Waals surface area contributed by atoms with Gasteiger partial charge in [0.1, 0.15) is 11.3 Å². The Hall–Kier alpha value is -2.83. The zero-order chi connectivity index (χ0) is 20.0. The monoisotopic (exact) mass is 375 g/mol. The lowest BCUT2D eigenvalue weighted by molar-refractivity contribution is -0.137. The third-order valence-corrected chi connectivity index (χ3v) is 4.48. The average molecular weight is 375 g/mol. The van der Waals surface area contributed by atoms with E-state index in [0.717, 1.165) is 17.4 Å². The first-order valence-corrected chi connectivity index (χ1v) is 9.00. The van der Waals surface area contributed by atoms with Crippen LogP contribution in [0.5, 0.6) is 5.75 Å². The van der Waals surface area contributed by atoms with E-state index >= 15 is 0 Å². The Labute approximate surface area is 157 Å². The zero-order valence-electron chi connectivity index (χ0n) is 15.8. The average Bonchev–Trinajstić information content (AvgIpc) is 2.62. The van der Waals surface area contributed by atoms with Gasteiger partial charge in [-0.1, -0.05) is 6.42 Å². The van der Waals surface area contributed by atoms with Gasteiger partial charge in [-0.25, -0.2) is 4.79 Å². The molecule has 1 aromatic carbocycles. The number of carboxylic acids is 1. The summed E-state index contributed by atoms with van der Waals surface area (Å²) in [6.07, 6.45) is 1.48. The number of rotatable bonds is 9. The van der Waals surface area contributed by atoms with Crippen molar-refractivity contribution < 1.29 is 23.8 Å². The van der Waals surface area contributed by atoms with E-state index in [1.165, 1.54) is 0 Å². The molecule has 0 spiro atoms. The van der Waals surface area contributed by atoms with Crippen LogP contribution in [0, 0.1) is 13.8 Å². The molecule has 7 nitrogen and oxygen atoms in total. The highest BCUT2D eigenvalue weighted by Gasteiger charge is 2.15. The number of aliphatic carboxylic acids is 1. The van der Waals surface area contributed by atoms with Crippen LogP contribution in [0.15, 0.2) is 27.4 Å². The molecule has 0 fully saturated rings. The molecule has 0 saturated heterocycles. The van der Waals surface area contributed by atoms with Gasteiger partial charge in [0.15, 0.2) is 6.10 Å². The molecule has 0 unspecified atom stereocenters. The van der Waals surface area contributed by atoms with Crippen molar-refractivity contribution in [3.05, 3.63) is 39.7 Å². The summed E-state index contributed by atoms with van der Waals surface area (Å²) >= 11 is 0. The molecule has 2 aromatic rings. The van der Waals surface area contributed by atoms with E-state index in [9.17, 15) is 14.4 Å². The van der Waals surface area contributed by atoms with Gasteiger partial charge < -0.3 is 19.6 Å². The Morgan fingerprint density at radius 1 is 1.19 bits per heavy atom. The van der Waals surface area contributed by atoms with Gasteiger partial charge in [-0.2, -0.15) is 0 Å². The van der Waals surface area contributed by atoms with E-state index < -0.39 is 12.1 Å². The number of nitrogens with one attached hydrogen (secondary N) is 1. The minimum absolute atomic E-state index is 0.143. The van der Waals surface area contributed by atoms with Crippen LogP contribution in [0.4, 0.5) is 0 Å². The van der Waals surface area contributed by atoms with Crippen LogP contribution in [0.25, 0.3) is 11.0 Å². The number of fused-ring (bicyclic) bond motifs is 1. The van der Waals surface area contributed by atoms with Crippen molar-refractivity contribution in [1.82, 2.24) is 5.32 Å². The van der Waals surface area contributed by atoms with Crippen LogP contribution in [0.3, 0.4) is 0 Å². The summed E-state index contributed by atoms with van der Waals surface area (Å²) in [6, 6.07) is 5.16. The molecule has 0 bridgehead atoms. The maximum atomic E-state index is 12.1. The van der Waals surface area contributed by atoms with Crippen molar-refractivity contribution in [3.63, 3.8) is 0 Å². The van der Waals surface area contributed by atoms with Crippen molar-refractivity contribution in [2.24, 2.45) is 0 Å². The summed E-state index contributed by atoms with van der Waals surface area (Å²) in [4.78, 5) is 34.4. The van der Waals surface area contributed by atoms with Gasteiger partial charge in [0.2, 0.25) is 0 Å². The number of benzene rings is 1. The molecule has 2 N–H and O–H groups in total.